The number of rotatable bonds is 3. The van der Waals surface area contributed by atoms with E-state index >= 15 is 0 Å². The molecule has 1 atom stereocenters. The molecule has 0 aliphatic carbocycles. The molecule has 2 amide bonds. The number of aliphatic hydroxyl groups is 1. The third-order valence-corrected chi connectivity index (χ3v) is 3.46. The molecule has 1 aliphatic heterocycles. The average Bonchev–Trinajstić information content (AvgIpc) is 2.44. The van der Waals surface area contributed by atoms with E-state index in [1.165, 1.54) is 5.56 Å². The first-order chi connectivity index (χ1) is 9.40. The van der Waals surface area contributed by atoms with Crippen LogP contribution in [0.4, 0.5) is 4.79 Å². The largest absolute Gasteiger partial charge is 0.479 e. The number of hydrogen-bond donors (Lipinski definition) is 3. The van der Waals surface area contributed by atoms with E-state index in [0.717, 1.165) is 18.9 Å². The Balaban J connectivity index is 1.94. The van der Waals surface area contributed by atoms with Crippen LogP contribution < -0.4 is 5.32 Å². The van der Waals surface area contributed by atoms with Crippen LogP contribution in [0.3, 0.4) is 0 Å². The molecule has 1 unspecified atom stereocenters. The van der Waals surface area contributed by atoms with Crippen molar-refractivity contribution in [3.8, 4) is 0 Å². The third-order valence-electron chi connectivity index (χ3n) is 3.46. The Kier molecular flexibility index (Phi) is 3.94. The fraction of sp³-hybridized carbons (Fsp3) is 0.429. The molecule has 6 heteroatoms. The van der Waals surface area contributed by atoms with Crippen molar-refractivity contribution in [2.45, 2.75) is 25.5 Å². The van der Waals surface area contributed by atoms with Crippen molar-refractivity contribution < 1.29 is 19.8 Å². The van der Waals surface area contributed by atoms with Gasteiger partial charge < -0.3 is 20.4 Å². The Morgan fingerprint density at radius 2 is 2.00 bits per heavy atom. The molecule has 3 N–H and O–H groups in total. The summed E-state index contributed by atoms with van der Waals surface area (Å²) in [6.07, 6.45) is 0.777. The monoisotopic (exact) mass is 278 g/mol. The molecular weight excluding hydrogens is 260 g/mol. The van der Waals surface area contributed by atoms with Gasteiger partial charge in [0.05, 0.1) is 6.54 Å². The highest BCUT2D eigenvalue weighted by molar-refractivity contribution is 5.79. The van der Waals surface area contributed by atoms with Crippen molar-refractivity contribution in [1.82, 2.24) is 10.2 Å². The molecule has 0 radical (unpaired) electrons. The maximum atomic E-state index is 12.0. The van der Waals surface area contributed by atoms with Gasteiger partial charge in [-0.1, -0.05) is 24.3 Å². The lowest BCUT2D eigenvalue weighted by atomic mass is 10.0. The van der Waals surface area contributed by atoms with E-state index in [1.54, 1.807) is 4.90 Å². The summed E-state index contributed by atoms with van der Waals surface area (Å²) in [7, 11) is 0. The molecule has 0 aromatic heterocycles. The van der Waals surface area contributed by atoms with Crippen molar-refractivity contribution in [2.75, 3.05) is 13.1 Å². The van der Waals surface area contributed by atoms with Gasteiger partial charge in [0.2, 0.25) is 0 Å². The van der Waals surface area contributed by atoms with Crippen LogP contribution in [0.1, 0.15) is 18.1 Å². The van der Waals surface area contributed by atoms with Gasteiger partial charge in [-0.15, -0.1) is 0 Å². The summed E-state index contributed by atoms with van der Waals surface area (Å²) in [4.78, 5) is 24.4. The maximum Gasteiger partial charge on any atom is 0.337 e. The Morgan fingerprint density at radius 3 is 2.65 bits per heavy atom. The van der Waals surface area contributed by atoms with Crippen LogP contribution in [0.25, 0.3) is 0 Å². The predicted octanol–water partition coefficient (Wildman–Crippen LogP) is 0.590. The van der Waals surface area contributed by atoms with Crippen molar-refractivity contribution in [3.05, 3.63) is 35.4 Å². The number of nitrogens with zero attached hydrogens (tertiary/aromatic N) is 1. The van der Waals surface area contributed by atoms with Crippen molar-refractivity contribution in [2.24, 2.45) is 0 Å². The van der Waals surface area contributed by atoms with Gasteiger partial charge in [-0.3, -0.25) is 0 Å². The van der Waals surface area contributed by atoms with E-state index in [-0.39, 0.29) is 12.6 Å². The molecule has 108 valence electrons. The van der Waals surface area contributed by atoms with Crippen LogP contribution in [-0.2, 0) is 17.8 Å². The smallest absolute Gasteiger partial charge is 0.337 e. The number of aliphatic carboxylic acids is 1. The van der Waals surface area contributed by atoms with Gasteiger partial charge in [-0.2, -0.15) is 0 Å². The molecule has 0 saturated carbocycles. The van der Waals surface area contributed by atoms with Crippen LogP contribution in [0, 0.1) is 0 Å². The molecule has 1 aliphatic rings. The zero-order valence-electron chi connectivity index (χ0n) is 11.3. The molecule has 6 nitrogen and oxygen atoms in total. The van der Waals surface area contributed by atoms with Crippen LogP contribution in [0.2, 0.25) is 0 Å². The van der Waals surface area contributed by atoms with Gasteiger partial charge in [0.25, 0.3) is 0 Å². The number of carboxylic acid groups (broad SMARTS) is 1. The third kappa shape index (κ3) is 3.08. The summed E-state index contributed by atoms with van der Waals surface area (Å²) < 4.78 is 0. The lowest BCUT2D eigenvalue weighted by Gasteiger charge is -2.30. The molecule has 0 fully saturated rings. The van der Waals surface area contributed by atoms with Crippen LogP contribution in [-0.4, -0.2) is 45.8 Å². The second-order valence-corrected chi connectivity index (χ2v) is 5.18. The lowest BCUT2D eigenvalue weighted by molar-refractivity contribution is -0.155. The number of carbonyl (C=O) groups excluding carboxylic acids is 1. The number of fused-ring (bicyclic) bond motifs is 1. The Bertz CT molecular complexity index is 528. The van der Waals surface area contributed by atoms with Crippen molar-refractivity contribution in [1.29, 1.82) is 0 Å². The van der Waals surface area contributed by atoms with Gasteiger partial charge >= 0.3 is 12.0 Å². The number of carbonyl (C=O) groups is 2. The molecule has 20 heavy (non-hydrogen) atoms. The van der Waals surface area contributed by atoms with Crippen molar-refractivity contribution >= 4 is 12.0 Å². The number of hydrogen-bond acceptors (Lipinski definition) is 3. The zero-order valence-corrected chi connectivity index (χ0v) is 11.3. The highest BCUT2D eigenvalue weighted by Gasteiger charge is 2.31. The predicted molar refractivity (Wildman–Crippen MR) is 72.2 cm³/mol. The molecular formula is C14H18N2O4. The summed E-state index contributed by atoms with van der Waals surface area (Å²) >= 11 is 0. The summed E-state index contributed by atoms with van der Waals surface area (Å²) in [6, 6.07) is 7.55. The van der Waals surface area contributed by atoms with E-state index in [0.29, 0.717) is 13.1 Å². The second kappa shape index (κ2) is 5.50. The molecule has 1 heterocycles. The second-order valence-electron chi connectivity index (χ2n) is 5.18. The first-order valence-electron chi connectivity index (χ1n) is 6.45. The first-order valence-corrected chi connectivity index (χ1v) is 6.45. The van der Waals surface area contributed by atoms with Crippen LogP contribution in [0.5, 0.6) is 0 Å². The molecule has 1 aromatic rings. The highest BCUT2D eigenvalue weighted by Crippen LogP contribution is 2.18. The van der Waals surface area contributed by atoms with Gasteiger partial charge in [-0.25, -0.2) is 9.59 Å². The van der Waals surface area contributed by atoms with Gasteiger partial charge in [0.15, 0.2) is 5.60 Å². The minimum absolute atomic E-state index is 0.320. The lowest BCUT2D eigenvalue weighted by Crippen LogP contribution is -2.50. The summed E-state index contributed by atoms with van der Waals surface area (Å²) in [5.41, 5.74) is 0.372. The fourth-order valence-corrected chi connectivity index (χ4v) is 2.10. The minimum atomic E-state index is -1.96. The van der Waals surface area contributed by atoms with E-state index in [2.05, 4.69) is 5.32 Å². The topological polar surface area (TPSA) is 89.9 Å². The number of benzene rings is 1. The standard InChI is InChI=1S/C14H18N2O4/c1-14(20,12(17)18)9-15-13(19)16-7-6-10-4-2-3-5-11(10)8-16/h2-5,20H,6-9H2,1H3,(H,15,19)(H,17,18). The summed E-state index contributed by atoms with van der Waals surface area (Å²) in [5.74, 6) is -1.36. The number of nitrogens with one attached hydrogen (secondary N) is 1. The quantitative estimate of drug-likeness (QED) is 0.755. The van der Waals surface area contributed by atoms with Crippen LogP contribution >= 0.6 is 0 Å². The van der Waals surface area contributed by atoms with E-state index in [4.69, 9.17) is 5.11 Å². The Labute approximate surface area is 117 Å². The maximum absolute atomic E-state index is 12.0. The molecule has 0 bridgehead atoms. The van der Waals surface area contributed by atoms with Gasteiger partial charge in [0, 0.05) is 13.1 Å². The zero-order chi connectivity index (χ0) is 14.8. The molecule has 2 rings (SSSR count). The van der Waals surface area contributed by atoms with E-state index < -0.39 is 11.6 Å². The fourth-order valence-electron chi connectivity index (χ4n) is 2.10. The van der Waals surface area contributed by atoms with Crippen molar-refractivity contribution in [3.63, 3.8) is 0 Å². The van der Waals surface area contributed by atoms with Gasteiger partial charge in [-0.05, 0) is 24.5 Å². The summed E-state index contributed by atoms with van der Waals surface area (Å²) in [5, 5.41) is 20.8. The molecule has 0 saturated heterocycles. The number of amides is 2. The van der Waals surface area contributed by atoms with E-state index in [1.807, 2.05) is 24.3 Å². The SMILES string of the molecule is CC(O)(CNC(=O)N1CCc2ccccc2C1)C(=O)O. The number of urea groups is 1. The normalized spacial score (nSPS) is 17.0. The highest BCUT2D eigenvalue weighted by atomic mass is 16.4. The van der Waals surface area contributed by atoms with Gasteiger partial charge in [0.1, 0.15) is 0 Å². The average molecular weight is 278 g/mol. The summed E-state index contributed by atoms with van der Waals surface area (Å²) in [6.45, 7) is 1.91. The molecule has 1 aromatic carbocycles. The Hall–Kier alpha value is -2.08. The molecule has 0 spiro atoms. The number of carboxylic acids is 1. The first kappa shape index (κ1) is 14.3. The van der Waals surface area contributed by atoms with Crippen LogP contribution in [0.15, 0.2) is 24.3 Å². The Morgan fingerprint density at radius 1 is 1.35 bits per heavy atom. The van der Waals surface area contributed by atoms with E-state index in [9.17, 15) is 14.7 Å². The minimum Gasteiger partial charge on any atom is -0.479 e.